The SMILES string of the molecule is COc1ccc2cccc(CC3(N)C4CCCC43)c2c1. The summed E-state index contributed by atoms with van der Waals surface area (Å²) < 4.78 is 5.37. The van der Waals surface area contributed by atoms with E-state index in [-0.39, 0.29) is 5.54 Å². The molecule has 0 amide bonds. The molecule has 20 heavy (non-hydrogen) atoms. The third-order valence-electron chi connectivity index (χ3n) is 5.46. The monoisotopic (exact) mass is 267 g/mol. The van der Waals surface area contributed by atoms with E-state index < -0.39 is 0 Å². The third kappa shape index (κ3) is 1.68. The molecular weight excluding hydrogens is 246 g/mol. The molecule has 2 heteroatoms. The van der Waals surface area contributed by atoms with E-state index in [1.54, 1.807) is 7.11 Å². The molecule has 0 heterocycles. The van der Waals surface area contributed by atoms with E-state index in [2.05, 4.69) is 30.3 Å². The van der Waals surface area contributed by atoms with Gasteiger partial charge in [0.15, 0.2) is 0 Å². The fourth-order valence-corrected chi connectivity index (χ4v) is 4.32. The van der Waals surface area contributed by atoms with Gasteiger partial charge in [0, 0.05) is 5.54 Å². The first-order chi connectivity index (χ1) is 9.72. The number of hydrogen-bond acceptors (Lipinski definition) is 2. The molecule has 2 aliphatic carbocycles. The Bertz CT molecular complexity index is 654. The number of ether oxygens (including phenoxy) is 1. The Morgan fingerprint density at radius 3 is 2.75 bits per heavy atom. The molecule has 2 unspecified atom stereocenters. The average molecular weight is 267 g/mol. The van der Waals surface area contributed by atoms with Gasteiger partial charge in [-0.3, -0.25) is 0 Å². The second-order valence-corrected chi connectivity index (χ2v) is 6.44. The summed E-state index contributed by atoms with van der Waals surface area (Å²) in [6, 6.07) is 12.8. The van der Waals surface area contributed by atoms with E-state index in [9.17, 15) is 0 Å². The van der Waals surface area contributed by atoms with Gasteiger partial charge in [-0.05, 0) is 59.6 Å². The van der Waals surface area contributed by atoms with Crippen molar-refractivity contribution in [2.75, 3.05) is 7.11 Å². The number of fused-ring (bicyclic) bond motifs is 2. The van der Waals surface area contributed by atoms with Crippen molar-refractivity contribution in [3.8, 4) is 5.75 Å². The van der Waals surface area contributed by atoms with Crippen LogP contribution < -0.4 is 10.5 Å². The highest BCUT2D eigenvalue weighted by molar-refractivity contribution is 5.87. The molecule has 2 N–H and O–H groups in total. The summed E-state index contributed by atoms with van der Waals surface area (Å²) in [5.41, 5.74) is 8.10. The van der Waals surface area contributed by atoms with Crippen molar-refractivity contribution >= 4 is 10.8 Å². The number of benzene rings is 2. The molecule has 0 spiro atoms. The molecule has 2 atom stereocenters. The molecular formula is C18H21NO. The molecule has 2 saturated carbocycles. The van der Waals surface area contributed by atoms with Gasteiger partial charge in [-0.1, -0.05) is 30.7 Å². The molecule has 2 aromatic carbocycles. The number of hydrogen-bond donors (Lipinski definition) is 1. The highest BCUT2D eigenvalue weighted by atomic mass is 16.5. The van der Waals surface area contributed by atoms with Gasteiger partial charge in [-0.15, -0.1) is 0 Å². The molecule has 2 nitrogen and oxygen atoms in total. The minimum Gasteiger partial charge on any atom is -0.497 e. The molecule has 0 aromatic heterocycles. The summed E-state index contributed by atoms with van der Waals surface area (Å²) in [4.78, 5) is 0. The first-order valence-corrected chi connectivity index (χ1v) is 7.57. The molecule has 2 aromatic rings. The molecule has 2 fully saturated rings. The fourth-order valence-electron chi connectivity index (χ4n) is 4.32. The van der Waals surface area contributed by atoms with E-state index in [4.69, 9.17) is 10.5 Å². The van der Waals surface area contributed by atoms with Crippen molar-refractivity contribution in [3.05, 3.63) is 42.0 Å². The van der Waals surface area contributed by atoms with Crippen LogP contribution >= 0.6 is 0 Å². The van der Waals surface area contributed by atoms with Crippen molar-refractivity contribution in [1.29, 1.82) is 0 Å². The smallest absolute Gasteiger partial charge is 0.119 e. The van der Waals surface area contributed by atoms with Crippen LogP contribution in [-0.2, 0) is 6.42 Å². The summed E-state index contributed by atoms with van der Waals surface area (Å²) in [7, 11) is 1.72. The summed E-state index contributed by atoms with van der Waals surface area (Å²) in [5, 5.41) is 2.57. The van der Waals surface area contributed by atoms with Gasteiger partial charge in [0.05, 0.1) is 7.11 Å². The van der Waals surface area contributed by atoms with Gasteiger partial charge < -0.3 is 10.5 Å². The minimum atomic E-state index is 0.0651. The molecule has 0 bridgehead atoms. The Morgan fingerprint density at radius 1 is 1.20 bits per heavy atom. The van der Waals surface area contributed by atoms with E-state index in [1.807, 2.05) is 6.07 Å². The predicted octanol–water partition coefficient (Wildman–Crippen LogP) is 3.52. The van der Waals surface area contributed by atoms with Crippen molar-refractivity contribution in [2.45, 2.75) is 31.2 Å². The quantitative estimate of drug-likeness (QED) is 0.923. The fraction of sp³-hybridized carbons (Fsp3) is 0.444. The maximum atomic E-state index is 6.66. The Labute approximate surface area is 119 Å². The summed E-state index contributed by atoms with van der Waals surface area (Å²) in [6.45, 7) is 0. The lowest BCUT2D eigenvalue weighted by molar-refractivity contribution is 0.415. The Balaban J connectivity index is 1.72. The van der Waals surface area contributed by atoms with Crippen LogP contribution in [0.1, 0.15) is 24.8 Å². The van der Waals surface area contributed by atoms with E-state index in [0.717, 1.165) is 24.0 Å². The summed E-state index contributed by atoms with van der Waals surface area (Å²) in [5.74, 6) is 2.46. The summed E-state index contributed by atoms with van der Waals surface area (Å²) >= 11 is 0. The van der Waals surface area contributed by atoms with Crippen LogP contribution in [0.5, 0.6) is 5.75 Å². The molecule has 2 aliphatic rings. The second-order valence-electron chi connectivity index (χ2n) is 6.44. The topological polar surface area (TPSA) is 35.2 Å². The third-order valence-corrected chi connectivity index (χ3v) is 5.46. The van der Waals surface area contributed by atoms with Crippen LogP contribution in [0.3, 0.4) is 0 Å². The van der Waals surface area contributed by atoms with Gasteiger partial charge in [-0.2, -0.15) is 0 Å². The van der Waals surface area contributed by atoms with Crippen molar-refractivity contribution in [3.63, 3.8) is 0 Å². The van der Waals surface area contributed by atoms with Gasteiger partial charge in [-0.25, -0.2) is 0 Å². The maximum Gasteiger partial charge on any atom is 0.119 e. The van der Waals surface area contributed by atoms with Crippen LogP contribution in [0.15, 0.2) is 36.4 Å². The largest absolute Gasteiger partial charge is 0.497 e. The van der Waals surface area contributed by atoms with Crippen molar-refractivity contribution < 1.29 is 4.74 Å². The number of methoxy groups -OCH3 is 1. The van der Waals surface area contributed by atoms with Gasteiger partial charge in [0.25, 0.3) is 0 Å². The molecule has 4 rings (SSSR count). The lowest BCUT2D eigenvalue weighted by atomic mass is 9.93. The Kier molecular flexibility index (Phi) is 2.58. The minimum absolute atomic E-state index is 0.0651. The van der Waals surface area contributed by atoms with Crippen molar-refractivity contribution in [2.24, 2.45) is 17.6 Å². The summed E-state index contributed by atoms with van der Waals surface area (Å²) in [6.07, 6.45) is 5.04. The standard InChI is InChI=1S/C18H21NO/c1-20-14-9-8-12-4-2-5-13(15(12)10-14)11-18(19)16-6-3-7-17(16)18/h2,4-5,8-10,16-17H,3,6-7,11,19H2,1H3. The maximum absolute atomic E-state index is 6.66. The highest BCUT2D eigenvalue weighted by Crippen LogP contribution is 2.60. The lowest BCUT2D eigenvalue weighted by Crippen LogP contribution is -2.31. The van der Waals surface area contributed by atoms with Crippen LogP contribution in [0.25, 0.3) is 10.8 Å². The average Bonchev–Trinajstić information content (AvgIpc) is 2.84. The van der Waals surface area contributed by atoms with Crippen molar-refractivity contribution in [1.82, 2.24) is 0 Å². The van der Waals surface area contributed by atoms with Gasteiger partial charge in [0.1, 0.15) is 5.75 Å². The zero-order valence-electron chi connectivity index (χ0n) is 11.9. The van der Waals surface area contributed by atoms with Gasteiger partial charge in [0.2, 0.25) is 0 Å². The van der Waals surface area contributed by atoms with Crippen LogP contribution in [0.2, 0.25) is 0 Å². The Hall–Kier alpha value is -1.54. The number of rotatable bonds is 3. The molecule has 0 radical (unpaired) electrons. The highest BCUT2D eigenvalue weighted by Gasteiger charge is 2.63. The molecule has 104 valence electrons. The second kappa shape index (κ2) is 4.23. The number of nitrogens with two attached hydrogens (primary N) is 1. The normalized spacial score (nSPS) is 31.3. The zero-order valence-corrected chi connectivity index (χ0v) is 11.9. The van der Waals surface area contributed by atoms with Gasteiger partial charge >= 0.3 is 0 Å². The van der Waals surface area contributed by atoms with Crippen LogP contribution in [-0.4, -0.2) is 12.6 Å². The molecule has 0 saturated heterocycles. The van der Waals surface area contributed by atoms with E-state index in [0.29, 0.717) is 0 Å². The van der Waals surface area contributed by atoms with E-state index in [1.165, 1.54) is 35.6 Å². The first kappa shape index (κ1) is 12.2. The predicted molar refractivity (Wildman–Crippen MR) is 82.0 cm³/mol. The first-order valence-electron chi connectivity index (χ1n) is 7.57. The van der Waals surface area contributed by atoms with Crippen LogP contribution in [0.4, 0.5) is 0 Å². The lowest BCUT2D eigenvalue weighted by Gasteiger charge is -2.17. The Morgan fingerprint density at radius 2 is 2.00 bits per heavy atom. The van der Waals surface area contributed by atoms with E-state index >= 15 is 0 Å². The zero-order chi connectivity index (χ0) is 13.7. The van der Waals surface area contributed by atoms with Crippen LogP contribution in [0, 0.1) is 11.8 Å². The molecule has 0 aliphatic heterocycles.